The number of aryl methyl sites for hydroxylation is 1. The molecule has 0 bridgehead atoms. The fraction of sp³-hybridized carbons (Fsp3) is 0.417. The molecule has 2 aromatic carbocycles. The Kier molecular flexibility index (Phi) is 8.58. The molecule has 0 radical (unpaired) electrons. The fourth-order valence-electron chi connectivity index (χ4n) is 3.17. The van der Waals surface area contributed by atoms with Crippen molar-refractivity contribution in [2.24, 2.45) is 4.99 Å². The number of esters is 1. The molecule has 7 nitrogen and oxygen atoms in total. The van der Waals surface area contributed by atoms with Crippen molar-refractivity contribution in [1.29, 1.82) is 0 Å². The average molecular weight is 426 g/mol. The molecule has 2 aromatic rings. The van der Waals surface area contributed by atoms with E-state index in [4.69, 9.17) is 19.2 Å². The third-order valence-electron chi connectivity index (χ3n) is 5.01. The Labute approximate surface area is 183 Å². The summed E-state index contributed by atoms with van der Waals surface area (Å²) in [5.41, 5.74) is 3.25. The smallest absolute Gasteiger partial charge is 0.305 e. The molecule has 0 fully saturated rings. The molecule has 0 unspecified atom stereocenters. The summed E-state index contributed by atoms with van der Waals surface area (Å²) in [6.07, 6.45) is 2.88. The van der Waals surface area contributed by atoms with Crippen LogP contribution in [0.5, 0.6) is 11.5 Å². The number of fused-ring (bicyclic) bond motifs is 1. The standard InChI is InChI=1S/C24H31N3O4/c1-18-8-3-4-9-19(18)17-26-24(25-13-6-5-10-23(28)29-2)27-20-11-12-21-22(16-20)31-15-7-14-30-21/h3-4,8-9,11-12,16H,5-7,10,13-15,17H2,1-2H3,(H2,25,26,27). The number of nitrogens with zero attached hydrogens (tertiary/aromatic N) is 1. The summed E-state index contributed by atoms with van der Waals surface area (Å²) in [5.74, 6) is 1.99. The lowest BCUT2D eigenvalue weighted by Gasteiger charge is -2.15. The number of methoxy groups -OCH3 is 1. The van der Waals surface area contributed by atoms with Crippen LogP contribution in [0, 0.1) is 6.92 Å². The molecular weight excluding hydrogens is 394 g/mol. The third-order valence-corrected chi connectivity index (χ3v) is 5.01. The lowest BCUT2D eigenvalue weighted by molar-refractivity contribution is -0.140. The van der Waals surface area contributed by atoms with E-state index in [1.807, 2.05) is 30.3 Å². The first-order valence-electron chi connectivity index (χ1n) is 10.7. The topological polar surface area (TPSA) is 81.2 Å². The zero-order valence-corrected chi connectivity index (χ0v) is 18.3. The number of carbonyl (C=O) groups is 1. The highest BCUT2D eigenvalue weighted by molar-refractivity contribution is 5.94. The highest BCUT2D eigenvalue weighted by atomic mass is 16.5. The number of rotatable bonds is 8. The first-order valence-corrected chi connectivity index (χ1v) is 10.7. The monoisotopic (exact) mass is 425 g/mol. The molecule has 166 valence electrons. The highest BCUT2D eigenvalue weighted by Gasteiger charge is 2.11. The van der Waals surface area contributed by atoms with E-state index < -0.39 is 0 Å². The Hall–Kier alpha value is -3.22. The molecule has 1 aliphatic heterocycles. The second-order valence-corrected chi connectivity index (χ2v) is 7.39. The van der Waals surface area contributed by atoms with Crippen LogP contribution in [-0.2, 0) is 16.1 Å². The van der Waals surface area contributed by atoms with Crippen molar-refractivity contribution in [3.8, 4) is 11.5 Å². The van der Waals surface area contributed by atoms with Crippen molar-refractivity contribution in [1.82, 2.24) is 5.32 Å². The number of hydrogen-bond donors (Lipinski definition) is 2. The first kappa shape index (κ1) is 22.5. The molecule has 31 heavy (non-hydrogen) atoms. The Morgan fingerprint density at radius 2 is 1.90 bits per heavy atom. The predicted octanol–water partition coefficient (Wildman–Crippen LogP) is 4.06. The second kappa shape index (κ2) is 11.8. The number of benzene rings is 2. The van der Waals surface area contributed by atoms with Crippen molar-refractivity contribution in [2.45, 2.75) is 39.2 Å². The van der Waals surface area contributed by atoms with Gasteiger partial charge in [0.2, 0.25) is 0 Å². The van der Waals surface area contributed by atoms with E-state index in [0.717, 1.165) is 36.4 Å². The van der Waals surface area contributed by atoms with Gasteiger partial charge >= 0.3 is 5.97 Å². The summed E-state index contributed by atoms with van der Waals surface area (Å²) in [7, 11) is 1.41. The van der Waals surface area contributed by atoms with Gasteiger partial charge < -0.3 is 24.8 Å². The molecule has 7 heteroatoms. The maximum absolute atomic E-state index is 11.3. The quantitative estimate of drug-likeness (QED) is 0.287. The molecule has 1 aliphatic rings. The van der Waals surface area contributed by atoms with E-state index in [-0.39, 0.29) is 5.97 Å². The van der Waals surface area contributed by atoms with E-state index in [1.165, 1.54) is 18.2 Å². The van der Waals surface area contributed by atoms with E-state index >= 15 is 0 Å². The Bertz CT molecular complexity index is 898. The van der Waals surface area contributed by atoms with Gasteiger partial charge in [0.15, 0.2) is 17.5 Å². The van der Waals surface area contributed by atoms with Crippen LogP contribution in [0.15, 0.2) is 47.5 Å². The number of unbranched alkanes of at least 4 members (excludes halogenated alkanes) is 1. The Balaban J connectivity index is 1.66. The molecule has 0 spiro atoms. The van der Waals surface area contributed by atoms with Crippen molar-refractivity contribution in [3.63, 3.8) is 0 Å². The van der Waals surface area contributed by atoms with Crippen LogP contribution < -0.4 is 20.1 Å². The van der Waals surface area contributed by atoms with E-state index in [2.05, 4.69) is 29.7 Å². The normalized spacial score (nSPS) is 13.3. The van der Waals surface area contributed by atoms with Crippen LogP contribution in [0.2, 0.25) is 0 Å². The number of anilines is 1. The van der Waals surface area contributed by atoms with Gasteiger partial charge in [-0.3, -0.25) is 4.79 Å². The van der Waals surface area contributed by atoms with Gasteiger partial charge in [-0.1, -0.05) is 24.3 Å². The van der Waals surface area contributed by atoms with Crippen LogP contribution in [0.3, 0.4) is 0 Å². The minimum atomic E-state index is -0.182. The molecular formula is C24H31N3O4. The summed E-state index contributed by atoms with van der Waals surface area (Å²) < 4.78 is 16.2. The zero-order chi connectivity index (χ0) is 21.9. The molecule has 0 amide bonds. The van der Waals surface area contributed by atoms with E-state index in [0.29, 0.717) is 38.7 Å². The van der Waals surface area contributed by atoms with Crippen LogP contribution in [0.25, 0.3) is 0 Å². The number of aliphatic imine (C=N–C) groups is 1. The Morgan fingerprint density at radius 1 is 1.10 bits per heavy atom. The molecule has 0 aromatic heterocycles. The maximum atomic E-state index is 11.3. The number of nitrogens with one attached hydrogen (secondary N) is 2. The summed E-state index contributed by atoms with van der Waals surface area (Å²) in [5, 5.41) is 6.72. The van der Waals surface area contributed by atoms with Gasteiger partial charge in [0, 0.05) is 31.1 Å². The van der Waals surface area contributed by atoms with Crippen molar-refractivity contribution >= 4 is 17.6 Å². The molecule has 2 N–H and O–H groups in total. The zero-order valence-electron chi connectivity index (χ0n) is 18.3. The number of hydrogen-bond acceptors (Lipinski definition) is 5. The lowest BCUT2D eigenvalue weighted by Crippen LogP contribution is -2.31. The van der Waals surface area contributed by atoms with Crippen LogP contribution in [-0.4, -0.2) is 38.8 Å². The summed E-state index contributed by atoms with van der Waals surface area (Å²) in [6.45, 7) is 4.65. The molecule has 1 heterocycles. The Morgan fingerprint density at radius 3 is 2.71 bits per heavy atom. The van der Waals surface area contributed by atoms with Gasteiger partial charge in [0.25, 0.3) is 0 Å². The largest absolute Gasteiger partial charge is 0.490 e. The number of carbonyl (C=O) groups excluding carboxylic acids is 1. The van der Waals surface area contributed by atoms with Crippen LogP contribution in [0.4, 0.5) is 5.69 Å². The van der Waals surface area contributed by atoms with Gasteiger partial charge in [-0.05, 0) is 43.0 Å². The predicted molar refractivity (Wildman–Crippen MR) is 122 cm³/mol. The third kappa shape index (κ3) is 7.20. The van der Waals surface area contributed by atoms with Gasteiger partial charge in [0.1, 0.15) is 0 Å². The van der Waals surface area contributed by atoms with Crippen LogP contribution >= 0.6 is 0 Å². The van der Waals surface area contributed by atoms with Crippen molar-refractivity contribution in [2.75, 3.05) is 32.2 Å². The minimum absolute atomic E-state index is 0.182. The minimum Gasteiger partial charge on any atom is -0.490 e. The fourth-order valence-corrected chi connectivity index (χ4v) is 3.17. The summed E-state index contributed by atoms with van der Waals surface area (Å²) in [4.78, 5) is 16.0. The lowest BCUT2D eigenvalue weighted by atomic mass is 10.1. The SMILES string of the molecule is COC(=O)CCCCNC(=NCc1ccccc1C)Nc1ccc2c(c1)OCCCO2. The molecule has 0 aliphatic carbocycles. The van der Waals surface area contributed by atoms with Gasteiger partial charge in [-0.15, -0.1) is 0 Å². The van der Waals surface area contributed by atoms with Crippen LogP contribution in [0.1, 0.15) is 36.8 Å². The summed E-state index contributed by atoms with van der Waals surface area (Å²) in [6, 6.07) is 14.0. The van der Waals surface area contributed by atoms with Crippen molar-refractivity contribution < 1.29 is 19.0 Å². The second-order valence-electron chi connectivity index (χ2n) is 7.39. The molecule has 0 atom stereocenters. The summed E-state index contributed by atoms with van der Waals surface area (Å²) >= 11 is 0. The van der Waals surface area contributed by atoms with Gasteiger partial charge in [-0.2, -0.15) is 0 Å². The first-order chi connectivity index (χ1) is 15.2. The molecule has 3 rings (SSSR count). The highest BCUT2D eigenvalue weighted by Crippen LogP contribution is 2.32. The van der Waals surface area contributed by atoms with Gasteiger partial charge in [-0.25, -0.2) is 4.99 Å². The molecule has 0 saturated carbocycles. The molecule has 0 saturated heterocycles. The maximum Gasteiger partial charge on any atom is 0.305 e. The van der Waals surface area contributed by atoms with E-state index in [9.17, 15) is 4.79 Å². The number of ether oxygens (including phenoxy) is 3. The van der Waals surface area contributed by atoms with Crippen molar-refractivity contribution in [3.05, 3.63) is 53.6 Å². The average Bonchev–Trinajstić information content (AvgIpc) is 3.02. The number of guanidine groups is 1. The van der Waals surface area contributed by atoms with Gasteiger partial charge in [0.05, 0.1) is 26.9 Å². The van der Waals surface area contributed by atoms with E-state index in [1.54, 1.807) is 0 Å².